The molecule has 1 unspecified atom stereocenters. The molecule has 1 aromatic rings. The third kappa shape index (κ3) is 4.14. The molecule has 0 amide bonds. The van der Waals surface area contributed by atoms with Gasteiger partial charge in [-0.2, -0.15) is 5.10 Å². The second-order valence-corrected chi connectivity index (χ2v) is 4.15. The van der Waals surface area contributed by atoms with E-state index in [9.17, 15) is 4.79 Å². The van der Waals surface area contributed by atoms with Crippen molar-refractivity contribution in [2.75, 3.05) is 6.54 Å². The zero-order chi connectivity index (χ0) is 12.0. The van der Waals surface area contributed by atoms with Crippen LogP contribution in [-0.4, -0.2) is 28.2 Å². The van der Waals surface area contributed by atoms with E-state index in [-0.39, 0.29) is 6.04 Å². The maximum Gasteiger partial charge on any atom is 0.134 e. The predicted molar refractivity (Wildman–Crippen MR) is 64.3 cm³/mol. The lowest BCUT2D eigenvalue weighted by atomic mass is 10.1. The summed E-state index contributed by atoms with van der Waals surface area (Å²) in [6.07, 6.45) is 3.77. The van der Waals surface area contributed by atoms with Gasteiger partial charge in [-0.25, -0.2) is 0 Å². The van der Waals surface area contributed by atoms with Crippen molar-refractivity contribution < 1.29 is 4.79 Å². The maximum atomic E-state index is 11.7. The van der Waals surface area contributed by atoms with Crippen LogP contribution in [0.25, 0.3) is 0 Å². The van der Waals surface area contributed by atoms with Crippen molar-refractivity contribution in [3.8, 4) is 0 Å². The molecule has 0 saturated carbocycles. The van der Waals surface area contributed by atoms with Crippen molar-refractivity contribution in [1.82, 2.24) is 15.1 Å². The van der Waals surface area contributed by atoms with Crippen LogP contribution in [0.15, 0.2) is 12.3 Å². The minimum absolute atomic E-state index is 0.282. The number of carbonyl (C=O) groups is 1. The third-order valence-electron chi connectivity index (χ3n) is 2.67. The van der Waals surface area contributed by atoms with Gasteiger partial charge in [-0.05, 0) is 26.0 Å². The van der Waals surface area contributed by atoms with Gasteiger partial charge in [-0.3, -0.25) is 9.48 Å². The molecule has 1 aromatic heterocycles. The van der Waals surface area contributed by atoms with E-state index in [1.807, 2.05) is 24.7 Å². The standard InChI is InChI=1S/C12H21N3O/c1-4-13-10(2)9-12(16)6-5-11-7-8-14-15(11)3/h7-8,10,13H,4-6,9H2,1-3H3. The number of rotatable bonds is 7. The van der Waals surface area contributed by atoms with Crippen molar-refractivity contribution >= 4 is 5.78 Å². The van der Waals surface area contributed by atoms with Gasteiger partial charge >= 0.3 is 0 Å². The minimum Gasteiger partial charge on any atom is -0.314 e. The number of nitrogens with zero attached hydrogens (tertiary/aromatic N) is 2. The van der Waals surface area contributed by atoms with Crippen LogP contribution in [-0.2, 0) is 18.3 Å². The zero-order valence-electron chi connectivity index (χ0n) is 10.4. The van der Waals surface area contributed by atoms with Crippen LogP contribution in [0, 0.1) is 0 Å². The van der Waals surface area contributed by atoms with Crippen LogP contribution in [0.4, 0.5) is 0 Å². The lowest BCUT2D eigenvalue weighted by molar-refractivity contribution is -0.119. The summed E-state index contributed by atoms with van der Waals surface area (Å²) in [5.41, 5.74) is 1.12. The molecular weight excluding hydrogens is 202 g/mol. The van der Waals surface area contributed by atoms with E-state index in [4.69, 9.17) is 0 Å². The first kappa shape index (κ1) is 12.9. The number of aryl methyl sites for hydroxylation is 2. The SMILES string of the molecule is CCNC(C)CC(=O)CCc1ccnn1C. The molecule has 0 bridgehead atoms. The normalized spacial score (nSPS) is 12.7. The predicted octanol–water partition coefficient (Wildman–Crippen LogP) is 1.31. The molecule has 90 valence electrons. The van der Waals surface area contributed by atoms with Gasteiger partial charge in [0.05, 0.1) is 0 Å². The molecule has 1 N–H and O–H groups in total. The Labute approximate surface area is 97.0 Å². The van der Waals surface area contributed by atoms with Gasteiger partial charge in [0, 0.05) is 37.8 Å². The van der Waals surface area contributed by atoms with Gasteiger partial charge < -0.3 is 5.32 Å². The molecule has 1 atom stereocenters. The Hall–Kier alpha value is -1.16. The second-order valence-electron chi connectivity index (χ2n) is 4.15. The minimum atomic E-state index is 0.282. The van der Waals surface area contributed by atoms with Crippen LogP contribution < -0.4 is 5.32 Å². The molecule has 4 heteroatoms. The van der Waals surface area contributed by atoms with E-state index in [0.717, 1.165) is 18.7 Å². The fraction of sp³-hybridized carbons (Fsp3) is 0.667. The summed E-state index contributed by atoms with van der Waals surface area (Å²) >= 11 is 0. The van der Waals surface area contributed by atoms with E-state index in [2.05, 4.69) is 17.3 Å². The van der Waals surface area contributed by atoms with Gasteiger partial charge in [0.1, 0.15) is 5.78 Å². The van der Waals surface area contributed by atoms with Crippen molar-refractivity contribution in [1.29, 1.82) is 0 Å². The highest BCUT2D eigenvalue weighted by Gasteiger charge is 2.09. The average molecular weight is 223 g/mol. The van der Waals surface area contributed by atoms with Gasteiger partial charge in [-0.1, -0.05) is 6.92 Å². The number of ketones is 1. The topological polar surface area (TPSA) is 46.9 Å². The molecule has 0 fully saturated rings. The van der Waals surface area contributed by atoms with E-state index in [1.54, 1.807) is 6.20 Å². The molecule has 16 heavy (non-hydrogen) atoms. The highest BCUT2D eigenvalue weighted by Crippen LogP contribution is 2.04. The summed E-state index contributed by atoms with van der Waals surface area (Å²) in [6.45, 7) is 5.01. The molecule has 0 aliphatic carbocycles. The molecule has 0 radical (unpaired) electrons. The summed E-state index contributed by atoms with van der Waals surface area (Å²) in [6, 6.07) is 2.24. The summed E-state index contributed by atoms with van der Waals surface area (Å²) in [5.74, 6) is 0.314. The van der Waals surface area contributed by atoms with Gasteiger partial charge in [-0.15, -0.1) is 0 Å². The molecule has 0 aromatic carbocycles. The van der Waals surface area contributed by atoms with Crippen LogP contribution in [0.1, 0.15) is 32.4 Å². The number of Topliss-reactive ketones (excluding diaryl/α,β-unsaturated/α-hetero) is 1. The Morgan fingerprint density at radius 2 is 2.38 bits per heavy atom. The van der Waals surface area contributed by atoms with Crippen molar-refractivity contribution in [2.24, 2.45) is 7.05 Å². The lowest BCUT2D eigenvalue weighted by Gasteiger charge is -2.10. The third-order valence-corrected chi connectivity index (χ3v) is 2.67. The van der Waals surface area contributed by atoms with Gasteiger partial charge in [0.25, 0.3) is 0 Å². The quantitative estimate of drug-likeness (QED) is 0.758. The van der Waals surface area contributed by atoms with Gasteiger partial charge in [0.2, 0.25) is 0 Å². The maximum absolute atomic E-state index is 11.7. The molecule has 0 spiro atoms. The first-order valence-corrected chi connectivity index (χ1v) is 5.85. The Morgan fingerprint density at radius 1 is 1.62 bits per heavy atom. The highest BCUT2D eigenvalue weighted by atomic mass is 16.1. The van der Waals surface area contributed by atoms with Crippen LogP contribution in [0.5, 0.6) is 0 Å². The largest absolute Gasteiger partial charge is 0.314 e. The summed E-state index contributed by atoms with van der Waals surface area (Å²) in [4.78, 5) is 11.7. The zero-order valence-corrected chi connectivity index (χ0v) is 10.4. The fourth-order valence-corrected chi connectivity index (χ4v) is 1.78. The fourth-order valence-electron chi connectivity index (χ4n) is 1.78. The van der Waals surface area contributed by atoms with E-state index in [0.29, 0.717) is 18.6 Å². The molecule has 1 heterocycles. The highest BCUT2D eigenvalue weighted by molar-refractivity contribution is 5.79. The van der Waals surface area contributed by atoms with Crippen molar-refractivity contribution in [2.45, 2.75) is 39.2 Å². The van der Waals surface area contributed by atoms with Crippen molar-refractivity contribution in [3.63, 3.8) is 0 Å². The first-order valence-electron chi connectivity index (χ1n) is 5.85. The summed E-state index contributed by atoms with van der Waals surface area (Å²) in [7, 11) is 1.90. The lowest BCUT2D eigenvalue weighted by Crippen LogP contribution is -2.28. The summed E-state index contributed by atoms with van der Waals surface area (Å²) in [5, 5.41) is 7.32. The van der Waals surface area contributed by atoms with E-state index >= 15 is 0 Å². The van der Waals surface area contributed by atoms with Crippen LogP contribution in [0.2, 0.25) is 0 Å². The number of aromatic nitrogens is 2. The van der Waals surface area contributed by atoms with Crippen LogP contribution >= 0.6 is 0 Å². The molecule has 4 nitrogen and oxygen atoms in total. The average Bonchev–Trinajstić information content (AvgIpc) is 2.61. The Balaban J connectivity index is 2.28. The van der Waals surface area contributed by atoms with E-state index in [1.165, 1.54) is 0 Å². The summed E-state index contributed by atoms with van der Waals surface area (Å²) < 4.78 is 1.82. The monoisotopic (exact) mass is 223 g/mol. The van der Waals surface area contributed by atoms with Crippen molar-refractivity contribution in [3.05, 3.63) is 18.0 Å². The first-order chi connectivity index (χ1) is 7.63. The Kier molecular flexibility index (Phi) is 5.19. The molecule has 0 saturated heterocycles. The number of carbonyl (C=O) groups excluding carboxylic acids is 1. The molecule has 1 rings (SSSR count). The number of hydrogen-bond acceptors (Lipinski definition) is 3. The van der Waals surface area contributed by atoms with Crippen LogP contribution in [0.3, 0.4) is 0 Å². The Morgan fingerprint density at radius 3 is 2.94 bits per heavy atom. The van der Waals surface area contributed by atoms with E-state index < -0.39 is 0 Å². The molecule has 0 aliphatic heterocycles. The second kappa shape index (κ2) is 6.43. The molecular formula is C12H21N3O. The smallest absolute Gasteiger partial charge is 0.134 e. The Bertz CT molecular complexity index is 333. The van der Waals surface area contributed by atoms with Gasteiger partial charge in [0.15, 0.2) is 0 Å². The molecule has 0 aliphatic rings. The number of nitrogens with one attached hydrogen (secondary N) is 1. The number of hydrogen-bond donors (Lipinski definition) is 1.